The maximum atomic E-state index is 5.97. The van der Waals surface area contributed by atoms with Crippen LogP contribution in [0.3, 0.4) is 0 Å². The van der Waals surface area contributed by atoms with E-state index in [4.69, 9.17) is 5.73 Å². The van der Waals surface area contributed by atoms with E-state index in [-0.39, 0.29) is 0 Å². The highest BCUT2D eigenvalue weighted by Gasteiger charge is 2.12. The molecule has 0 saturated carbocycles. The second-order valence-corrected chi connectivity index (χ2v) is 3.59. The Hall–Kier alpha value is -1.23. The minimum Gasteiger partial charge on any atom is -0.394 e. The molecule has 5 heteroatoms. The van der Waals surface area contributed by atoms with Crippen molar-refractivity contribution in [1.82, 2.24) is 14.8 Å². The molecule has 1 heterocycles. The molecular formula is C9H19N5. The van der Waals surface area contributed by atoms with Gasteiger partial charge in [0.1, 0.15) is 0 Å². The zero-order valence-corrected chi connectivity index (χ0v) is 9.33. The lowest BCUT2D eigenvalue weighted by atomic mass is 10.2. The van der Waals surface area contributed by atoms with Crippen molar-refractivity contribution < 1.29 is 0 Å². The van der Waals surface area contributed by atoms with Gasteiger partial charge in [-0.3, -0.25) is 0 Å². The number of nitrogens with two attached hydrogens (primary N) is 1. The first-order valence-electron chi connectivity index (χ1n) is 4.81. The molecule has 80 valence electrons. The Bertz CT molecular complexity index is 302. The van der Waals surface area contributed by atoms with Crippen LogP contribution in [0.5, 0.6) is 0 Å². The van der Waals surface area contributed by atoms with Gasteiger partial charge >= 0.3 is 0 Å². The summed E-state index contributed by atoms with van der Waals surface area (Å²) in [5.41, 5.74) is 10.8. The molecule has 14 heavy (non-hydrogen) atoms. The summed E-state index contributed by atoms with van der Waals surface area (Å²) < 4.78 is 1.78. The molecule has 0 aliphatic heterocycles. The fraction of sp³-hybridized carbons (Fsp3) is 0.667. The first kappa shape index (κ1) is 10.8. The van der Waals surface area contributed by atoms with Gasteiger partial charge in [0.05, 0.1) is 11.4 Å². The monoisotopic (exact) mass is 197 g/mol. The van der Waals surface area contributed by atoms with E-state index < -0.39 is 0 Å². The Morgan fingerprint density at radius 1 is 1.50 bits per heavy atom. The Balaban J connectivity index is 2.92. The molecular weight excluding hydrogens is 178 g/mol. The zero-order valence-electron chi connectivity index (χ0n) is 9.33. The molecule has 5 nitrogen and oxygen atoms in total. The second-order valence-electron chi connectivity index (χ2n) is 3.59. The largest absolute Gasteiger partial charge is 0.394 e. The summed E-state index contributed by atoms with van der Waals surface area (Å²) in [7, 11) is 5.74. The number of nitrogens with one attached hydrogen (secondary N) is 1. The standard InChI is InChI=1S/C9H19N5/c1-5-6-7-8(10)9(12-13(2)3)14(4)11-7/h12H,5-6,10H2,1-4H3. The van der Waals surface area contributed by atoms with Gasteiger partial charge < -0.3 is 11.2 Å². The van der Waals surface area contributed by atoms with Crippen LogP contribution in [-0.4, -0.2) is 28.9 Å². The molecule has 0 aromatic carbocycles. The van der Waals surface area contributed by atoms with E-state index in [1.807, 2.05) is 26.2 Å². The van der Waals surface area contributed by atoms with Crippen molar-refractivity contribution in [3.63, 3.8) is 0 Å². The molecule has 0 aliphatic rings. The highest BCUT2D eigenvalue weighted by atomic mass is 15.5. The van der Waals surface area contributed by atoms with E-state index in [1.54, 1.807) is 4.68 Å². The SMILES string of the molecule is CCCc1nn(C)c(NN(C)C)c1N. The number of hydrazine groups is 1. The summed E-state index contributed by atoms with van der Waals surface area (Å²) in [6.07, 6.45) is 1.98. The lowest BCUT2D eigenvalue weighted by Crippen LogP contribution is -2.22. The van der Waals surface area contributed by atoms with Gasteiger partial charge in [-0.25, -0.2) is 9.69 Å². The van der Waals surface area contributed by atoms with Crippen molar-refractivity contribution in [3.05, 3.63) is 5.69 Å². The summed E-state index contributed by atoms with van der Waals surface area (Å²) >= 11 is 0. The first-order chi connectivity index (χ1) is 6.56. The number of hydrogen-bond acceptors (Lipinski definition) is 4. The summed E-state index contributed by atoms with van der Waals surface area (Å²) in [5.74, 6) is 0.860. The maximum Gasteiger partial charge on any atom is 0.162 e. The van der Waals surface area contributed by atoms with Gasteiger partial charge in [-0.1, -0.05) is 13.3 Å². The third-order valence-electron chi connectivity index (χ3n) is 1.98. The van der Waals surface area contributed by atoms with Gasteiger partial charge in [0.2, 0.25) is 0 Å². The van der Waals surface area contributed by atoms with Crippen molar-refractivity contribution in [2.45, 2.75) is 19.8 Å². The van der Waals surface area contributed by atoms with Crippen LogP contribution in [0.4, 0.5) is 11.5 Å². The fourth-order valence-electron chi connectivity index (χ4n) is 1.36. The molecule has 0 bridgehead atoms. The van der Waals surface area contributed by atoms with Crippen LogP contribution in [0.25, 0.3) is 0 Å². The molecule has 1 rings (SSSR count). The lowest BCUT2D eigenvalue weighted by molar-refractivity contribution is 0.486. The van der Waals surface area contributed by atoms with Gasteiger partial charge in [-0.05, 0) is 6.42 Å². The summed E-state index contributed by atoms with van der Waals surface area (Å²) in [6, 6.07) is 0. The van der Waals surface area contributed by atoms with Gasteiger partial charge in [-0.15, -0.1) is 0 Å². The zero-order chi connectivity index (χ0) is 10.7. The van der Waals surface area contributed by atoms with Crippen molar-refractivity contribution in [2.24, 2.45) is 7.05 Å². The highest BCUT2D eigenvalue weighted by Crippen LogP contribution is 2.22. The highest BCUT2D eigenvalue weighted by molar-refractivity contribution is 5.64. The molecule has 1 aromatic heterocycles. The van der Waals surface area contributed by atoms with Crippen LogP contribution < -0.4 is 11.2 Å². The third kappa shape index (κ3) is 2.17. The minimum atomic E-state index is 0.753. The summed E-state index contributed by atoms with van der Waals surface area (Å²) in [4.78, 5) is 0. The Morgan fingerprint density at radius 2 is 2.14 bits per heavy atom. The molecule has 0 atom stereocenters. The third-order valence-corrected chi connectivity index (χ3v) is 1.98. The normalized spacial score (nSPS) is 10.9. The minimum absolute atomic E-state index is 0.753. The molecule has 3 N–H and O–H groups in total. The van der Waals surface area contributed by atoms with Crippen LogP contribution in [0.15, 0.2) is 0 Å². The number of aryl methyl sites for hydroxylation is 2. The fourth-order valence-corrected chi connectivity index (χ4v) is 1.36. The number of hydrogen-bond donors (Lipinski definition) is 2. The number of nitrogen functional groups attached to an aromatic ring is 1. The van der Waals surface area contributed by atoms with Crippen LogP contribution in [0.1, 0.15) is 19.0 Å². The average Bonchev–Trinajstić information content (AvgIpc) is 2.33. The number of nitrogens with zero attached hydrogens (tertiary/aromatic N) is 3. The quantitative estimate of drug-likeness (QED) is 0.702. The molecule has 0 saturated heterocycles. The number of anilines is 2. The lowest BCUT2D eigenvalue weighted by Gasteiger charge is -2.13. The topological polar surface area (TPSA) is 59.1 Å². The van der Waals surface area contributed by atoms with Crippen LogP contribution in [-0.2, 0) is 13.5 Å². The van der Waals surface area contributed by atoms with Gasteiger partial charge in [0.25, 0.3) is 0 Å². The smallest absolute Gasteiger partial charge is 0.162 e. The first-order valence-corrected chi connectivity index (χ1v) is 4.81. The molecule has 0 radical (unpaired) electrons. The van der Waals surface area contributed by atoms with E-state index in [9.17, 15) is 0 Å². The van der Waals surface area contributed by atoms with Crippen LogP contribution in [0.2, 0.25) is 0 Å². The van der Waals surface area contributed by atoms with E-state index >= 15 is 0 Å². The molecule has 1 aromatic rings. The van der Waals surface area contributed by atoms with E-state index in [0.717, 1.165) is 30.0 Å². The Kier molecular flexibility index (Phi) is 3.35. The van der Waals surface area contributed by atoms with Crippen molar-refractivity contribution in [2.75, 3.05) is 25.3 Å². The van der Waals surface area contributed by atoms with Gasteiger partial charge in [0.15, 0.2) is 5.82 Å². The number of aromatic nitrogens is 2. The van der Waals surface area contributed by atoms with Crippen molar-refractivity contribution in [1.29, 1.82) is 0 Å². The van der Waals surface area contributed by atoms with Crippen LogP contribution in [0, 0.1) is 0 Å². The Labute approximate surface area is 84.8 Å². The van der Waals surface area contributed by atoms with Crippen molar-refractivity contribution >= 4 is 11.5 Å². The molecule has 0 spiro atoms. The molecule has 0 amide bonds. The van der Waals surface area contributed by atoms with E-state index in [2.05, 4.69) is 17.4 Å². The number of rotatable bonds is 4. The molecule has 0 unspecified atom stereocenters. The molecule has 0 aliphatic carbocycles. The Morgan fingerprint density at radius 3 is 2.64 bits per heavy atom. The van der Waals surface area contributed by atoms with E-state index in [0.29, 0.717) is 0 Å². The van der Waals surface area contributed by atoms with Crippen LogP contribution >= 0.6 is 0 Å². The molecule has 0 fully saturated rings. The van der Waals surface area contributed by atoms with E-state index in [1.165, 1.54) is 0 Å². The maximum absolute atomic E-state index is 5.97. The summed E-state index contributed by atoms with van der Waals surface area (Å²) in [5, 5.41) is 6.21. The van der Waals surface area contributed by atoms with Gasteiger partial charge in [0, 0.05) is 21.1 Å². The second kappa shape index (κ2) is 4.32. The predicted molar refractivity (Wildman–Crippen MR) is 58.9 cm³/mol. The summed E-state index contributed by atoms with van der Waals surface area (Å²) in [6.45, 7) is 2.12. The average molecular weight is 197 g/mol. The predicted octanol–water partition coefficient (Wildman–Crippen LogP) is 0.843. The van der Waals surface area contributed by atoms with Crippen molar-refractivity contribution in [3.8, 4) is 0 Å². The van der Waals surface area contributed by atoms with Gasteiger partial charge in [-0.2, -0.15) is 5.10 Å².